The van der Waals surface area contributed by atoms with Crippen LogP contribution in [-0.4, -0.2) is 62.1 Å². The van der Waals surface area contributed by atoms with Crippen LogP contribution in [0.15, 0.2) is 24.3 Å². The van der Waals surface area contributed by atoms with Crippen LogP contribution < -0.4 is 4.90 Å². The maximum absolute atomic E-state index is 11.5. The third kappa shape index (κ3) is 4.85. The van der Waals surface area contributed by atoms with E-state index in [1.54, 1.807) is 0 Å². The van der Waals surface area contributed by atoms with E-state index in [1.807, 2.05) is 6.92 Å². The molecular formula is C21H31N2O3+. The van der Waals surface area contributed by atoms with E-state index < -0.39 is 0 Å². The molecule has 2 heterocycles. The predicted octanol–water partition coefficient (Wildman–Crippen LogP) is 2.57. The number of carbonyl (C=O) groups is 2. The molecule has 2 aliphatic rings. The summed E-state index contributed by atoms with van der Waals surface area (Å²) in [7, 11) is 0. The SMILES string of the molecule is CCOC(=O)CCCc1ccc(N2CC[N+]3(CCC(=O)CC3)CC2)cc1. The van der Waals surface area contributed by atoms with Crippen molar-refractivity contribution < 1.29 is 18.8 Å². The first kappa shape index (κ1) is 18.9. The van der Waals surface area contributed by atoms with Gasteiger partial charge in [-0.3, -0.25) is 9.59 Å². The Bertz CT molecular complexity index is 607. The molecule has 5 nitrogen and oxygen atoms in total. The van der Waals surface area contributed by atoms with E-state index in [4.69, 9.17) is 4.74 Å². The van der Waals surface area contributed by atoms with Crippen LogP contribution in [0.3, 0.4) is 0 Å². The Labute approximate surface area is 156 Å². The normalized spacial score (nSPS) is 19.6. The number of piperidine rings is 1. The number of carbonyl (C=O) groups excluding carboxylic acids is 2. The summed E-state index contributed by atoms with van der Waals surface area (Å²) in [6, 6.07) is 8.77. The fraction of sp³-hybridized carbons (Fsp3) is 0.619. The lowest BCUT2D eigenvalue weighted by atomic mass is 10.0. The lowest BCUT2D eigenvalue weighted by Crippen LogP contribution is -2.62. The Morgan fingerprint density at radius 1 is 1.08 bits per heavy atom. The zero-order valence-corrected chi connectivity index (χ0v) is 15.9. The van der Waals surface area contributed by atoms with Crippen molar-refractivity contribution in [1.82, 2.24) is 0 Å². The molecular weight excluding hydrogens is 328 g/mol. The summed E-state index contributed by atoms with van der Waals surface area (Å²) < 4.78 is 6.10. The molecule has 0 atom stereocenters. The third-order valence-electron chi connectivity index (χ3n) is 5.87. The fourth-order valence-electron chi connectivity index (χ4n) is 4.10. The van der Waals surface area contributed by atoms with Crippen LogP contribution in [0.4, 0.5) is 5.69 Å². The highest BCUT2D eigenvalue weighted by Gasteiger charge is 2.36. The second-order valence-electron chi connectivity index (χ2n) is 7.59. The Morgan fingerprint density at radius 2 is 1.73 bits per heavy atom. The number of Topliss-reactive ketones (excluding diaryl/α,β-unsaturated/α-hetero) is 1. The first-order chi connectivity index (χ1) is 12.6. The molecule has 1 aromatic carbocycles. The monoisotopic (exact) mass is 359 g/mol. The van der Waals surface area contributed by atoms with Crippen LogP contribution in [0.25, 0.3) is 0 Å². The van der Waals surface area contributed by atoms with Crippen molar-refractivity contribution in [3.8, 4) is 0 Å². The summed E-state index contributed by atoms with van der Waals surface area (Å²) in [4.78, 5) is 25.4. The van der Waals surface area contributed by atoms with Crippen LogP contribution in [-0.2, 0) is 20.7 Å². The smallest absolute Gasteiger partial charge is 0.305 e. The molecule has 0 unspecified atom stereocenters. The van der Waals surface area contributed by atoms with E-state index in [0.717, 1.165) is 69.4 Å². The number of benzene rings is 1. The number of ketones is 1. The minimum absolute atomic E-state index is 0.103. The van der Waals surface area contributed by atoms with Crippen LogP contribution in [0.5, 0.6) is 0 Å². The van der Waals surface area contributed by atoms with Crippen molar-refractivity contribution in [2.24, 2.45) is 0 Å². The van der Waals surface area contributed by atoms with E-state index in [2.05, 4.69) is 29.2 Å². The summed E-state index contributed by atoms with van der Waals surface area (Å²) in [5.41, 5.74) is 2.55. The van der Waals surface area contributed by atoms with Crippen molar-refractivity contribution in [3.63, 3.8) is 0 Å². The number of aryl methyl sites for hydroxylation is 1. The second-order valence-corrected chi connectivity index (χ2v) is 7.59. The van der Waals surface area contributed by atoms with Gasteiger partial charge in [0.05, 0.1) is 58.7 Å². The Morgan fingerprint density at radius 3 is 2.35 bits per heavy atom. The molecule has 5 heteroatoms. The summed E-state index contributed by atoms with van der Waals surface area (Å²) >= 11 is 0. The summed E-state index contributed by atoms with van der Waals surface area (Å²) in [5, 5.41) is 0. The lowest BCUT2D eigenvalue weighted by Gasteiger charge is -2.47. The molecule has 0 aromatic heterocycles. The Balaban J connectivity index is 1.46. The highest BCUT2D eigenvalue weighted by atomic mass is 16.5. The van der Waals surface area contributed by atoms with Crippen molar-refractivity contribution >= 4 is 17.4 Å². The molecule has 26 heavy (non-hydrogen) atoms. The number of ether oxygens (including phenoxy) is 1. The predicted molar refractivity (Wildman–Crippen MR) is 102 cm³/mol. The first-order valence-corrected chi connectivity index (χ1v) is 9.96. The van der Waals surface area contributed by atoms with Crippen LogP contribution in [0.1, 0.15) is 38.2 Å². The number of esters is 1. The number of quaternary nitrogens is 1. The van der Waals surface area contributed by atoms with Gasteiger partial charge in [0.1, 0.15) is 5.78 Å². The zero-order chi connectivity index (χ0) is 18.4. The fourth-order valence-corrected chi connectivity index (χ4v) is 4.10. The van der Waals surface area contributed by atoms with Gasteiger partial charge in [-0.15, -0.1) is 0 Å². The van der Waals surface area contributed by atoms with Crippen LogP contribution in [0, 0.1) is 0 Å². The maximum Gasteiger partial charge on any atom is 0.305 e. The summed E-state index contributed by atoms with van der Waals surface area (Å²) in [6.45, 7) is 8.79. The number of anilines is 1. The molecule has 2 saturated heterocycles. The molecule has 142 valence electrons. The molecule has 1 spiro atoms. The van der Waals surface area contributed by atoms with Crippen molar-refractivity contribution in [2.75, 3.05) is 50.8 Å². The molecule has 0 amide bonds. The first-order valence-electron chi connectivity index (χ1n) is 9.96. The Kier molecular flexibility index (Phi) is 6.30. The van der Waals surface area contributed by atoms with Crippen LogP contribution >= 0.6 is 0 Å². The molecule has 0 radical (unpaired) electrons. The molecule has 0 aliphatic carbocycles. The van der Waals surface area contributed by atoms with Gasteiger partial charge in [-0.2, -0.15) is 0 Å². The van der Waals surface area contributed by atoms with Gasteiger partial charge in [0.2, 0.25) is 0 Å². The molecule has 1 aromatic rings. The highest BCUT2D eigenvalue weighted by molar-refractivity contribution is 5.79. The van der Waals surface area contributed by atoms with E-state index in [9.17, 15) is 9.59 Å². The number of hydrogen-bond acceptors (Lipinski definition) is 4. The van der Waals surface area contributed by atoms with Gasteiger partial charge < -0.3 is 14.1 Å². The largest absolute Gasteiger partial charge is 0.466 e. The molecule has 0 N–H and O–H groups in total. The number of piperazine rings is 1. The van der Waals surface area contributed by atoms with Gasteiger partial charge in [0.15, 0.2) is 0 Å². The average Bonchev–Trinajstić information content (AvgIpc) is 2.66. The van der Waals surface area contributed by atoms with Gasteiger partial charge >= 0.3 is 5.97 Å². The van der Waals surface area contributed by atoms with E-state index in [1.165, 1.54) is 11.3 Å². The second kappa shape index (κ2) is 8.67. The quantitative estimate of drug-likeness (QED) is 0.579. The number of nitrogens with zero attached hydrogens (tertiary/aromatic N) is 2. The summed E-state index contributed by atoms with van der Waals surface area (Å²) in [6.07, 6.45) is 3.76. The van der Waals surface area contributed by atoms with Crippen molar-refractivity contribution in [3.05, 3.63) is 29.8 Å². The minimum atomic E-state index is -0.103. The highest BCUT2D eigenvalue weighted by Crippen LogP contribution is 2.24. The Hall–Kier alpha value is -1.88. The third-order valence-corrected chi connectivity index (χ3v) is 5.87. The molecule has 3 rings (SSSR count). The van der Waals surface area contributed by atoms with Gasteiger partial charge in [-0.05, 0) is 37.5 Å². The zero-order valence-electron chi connectivity index (χ0n) is 15.9. The van der Waals surface area contributed by atoms with Crippen LogP contribution in [0.2, 0.25) is 0 Å². The van der Waals surface area contributed by atoms with Gasteiger partial charge in [-0.25, -0.2) is 0 Å². The summed E-state index contributed by atoms with van der Waals surface area (Å²) in [5.74, 6) is 0.337. The van der Waals surface area contributed by atoms with Gasteiger partial charge in [0.25, 0.3) is 0 Å². The average molecular weight is 359 g/mol. The van der Waals surface area contributed by atoms with Gasteiger partial charge in [0, 0.05) is 12.1 Å². The molecule has 2 fully saturated rings. The number of hydrogen-bond donors (Lipinski definition) is 0. The lowest BCUT2D eigenvalue weighted by molar-refractivity contribution is -0.929. The van der Waals surface area contributed by atoms with E-state index in [-0.39, 0.29) is 5.97 Å². The topological polar surface area (TPSA) is 46.6 Å². The minimum Gasteiger partial charge on any atom is -0.466 e. The van der Waals surface area contributed by atoms with E-state index >= 15 is 0 Å². The molecule has 2 aliphatic heterocycles. The van der Waals surface area contributed by atoms with Crippen molar-refractivity contribution in [2.45, 2.75) is 39.0 Å². The molecule has 0 saturated carbocycles. The molecule has 0 bridgehead atoms. The van der Waals surface area contributed by atoms with Crippen molar-refractivity contribution in [1.29, 1.82) is 0 Å². The maximum atomic E-state index is 11.5. The van der Waals surface area contributed by atoms with Gasteiger partial charge in [-0.1, -0.05) is 12.1 Å². The van der Waals surface area contributed by atoms with E-state index in [0.29, 0.717) is 18.8 Å². The number of rotatable bonds is 6. The standard InChI is InChI=1S/C21H31N2O3/c1-2-26-21(25)5-3-4-18-6-8-19(9-7-18)22-12-16-23(17-13-22)14-10-20(24)11-15-23/h6-9H,2-5,10-17H2,1H3/q+1.